The topological polar surface area (TPSA) is 59.0 Å². The fraction of sp³-hybridized carbons (Fsp3) is 0.316. The van der Waals surface area contributed by atoms with Crippen LogP contribution >= 0.6 is 0 Å². The molecule has 5 heteroatoms. The first-order valence-corrected chi connectivity index (χ1v) is 8.01. The molecule has 0 aromatic heterocycles. The molecule has 0 spiro atoms. The van der Waals surface area contributed by atoms with Crippen LogP contribution in [0.2, 0.25) is 0 Å². The molecule has 1 amide bonds. The summed E-state index contributed by atoms with van der Waals surface area (Å²) in [6.45, 7) is 1.02. The Bertz CT molecular complexity index is 671. The number of rotatable bonds is 6. The van der Waals surface area contributed by atoms with E-state index in [4.69, 9.17) is 14.6 Å². The molecular formula is C19H21NO4. The Labute approximate surface area is 141 Å². The summed E-state index contributed by atoms with van der Waals surface area (Å²) < 4.78 is 11.0. The average molecular weight is 327 g/mol. The van der Waals surface area contributed by atoms with Gasteiger partial charge in [-0.25, -0.2) is 4.79 Å². The molecule has 0 saturated carbocycles. The van der Waals surface area contributed by atoms with E-state index in [0.29, 0.717) is 13.2 Å². The summed E-state index contributed by atoms with van der Waals surface area (Å²) in [4.78, 5) is 13.9. The Morgan fingerprint density at radius 3 is 2.21 bits per heavy atom. The monoisotopic (exact) mass is 327 g/mol. The van der Waals surface area contributed by atoms with Crippen LogP contribution in [0.3, 0.4) is 0 Å². The standard InChI is InChI=1S/C19H21NO4/c1-20(10-12-23-13-11-21)19(22)24-18-16-8-4-2-6-14(16)15-7-3-5-9-17(15)18/h2-9,18,21H,10-13H2,1H3. The maximum Gasteiger partial charge on any atom is 0.410 e. The summed E-state index contributed by atoms with van der Waals surface area (Å²) in [5.74, 6) is 0. The van der Waals surface area contributed by atoms with Gasteiger partial charge in [-0.05, 0) is 11.1 Å². The van der Waals surface area contributed by atoms with Gasteiger partial charge >= 0.3 is 6.09 Å². The molecule has 0 atom stereocenters. The Kier molecular flexibility index (Phi) is 5.13. The number of aliphatic hydroxyl groups is 1. The first-order chi connectivity index (χ1) is 11.7. The van der Waals surface area contributed by atoms with Gasteiger partial charge in [0.25, 0.3) is 0 Å². The van der Waals surface area contributed by atoms with Crippen LogP contribution in [-0.2, 0) is 9.47 Å². The van der Waals surface area contributed by atoms with Gasteiger partial charge in [0.05, 0.1) is 19.8 Å². The van der Waals surface area contributed by atoms with E-state index in [2.05, 4.69) is 12.1 Å². The number of carbonyl (C=O) groups excluding carboxylic acids is 1. The highest BCUT2D eigenvalue weighted by atomic mass is 16.6. The number of nitrogens with zero attached hydrogens (tertiary/aromatic N) is 1. The van der Waals surface area contributed by atoms with Crippen LogP contribution in [0.5, 0.6) is 0 Å². The predicted molar refractivity (Wildman–Crippen MR) is 90.7 cm³/mol. The van der Waals surface area contributed by atoms with Crippen LogP contribution in [0.1, 0.15) is 17.2 Å². The van der Waals surface area contributed by atoms with E-state index in [1.165, 1.54) is 4.90 Å². The first-order valence-electron chi connectivity index (χ1n) is 8.01. The average Bonchev–Trinajstić information content (AvgIpc) is 2.93. The van der Waals surface area contributed by atoms with E-state index in [1.807, 2.05) is 36.4 Å². The number of carbonyl (C=O) groups is 1. The molecule has 5 nitrogen and oxygen atoms in total. The first kappa shape index (κ1) is 16.5. The minimum Gasteiger partial charge on any atom is -0.436 e. The lowest BCUT2D eigenvalue weighted by Gasteiger charge is -2.21. The predicted octanol–water partition coefficient (Wildman–Crippen LogP) is 2.83. The largest absolute Gasteiger partial charge is 0.436 e. The van der Waals surface area contributed by atoms with Gasteiger partial charge in [-0.15, -0.1) is 0 Å². The highest BCUT2D eigenvalue weighted by Gasteiger charge is 2.31. The van der Waals surface area contributed by atoms with Gasteiger partial charge in [-0.3, -0.25) is 0 Å². The molecule has 3 rings (SSSR count). The molecule has 126 valence electrons. The third kappa shape index (κ3) is 3.27. The zero-order valence-corrected chi connectivity index (χ0v) is 13.6. The van der Waals surface area contributed by atoms with E-state index < -0.39 is 0 Å². The van der Waals surface area contributed by atoms with Gasteiger partial charge in [0.15, 0.2) is 6.10 Å². The lowest BCUT2D eigenvalue weighted by Crippen LogP contribution is -2.32. The van der Waals surface area contributed by atoms with Crippen molar-refractivity contribution >= 4 is 6.09 Å². The fourth-order valence-electron chi connectivity index (χ4n) is 2.89. The summed E-state index contributed by atoms with van der Waals surface area (Å²) in [6, 6.07) is 16.0. The number of aliphatic hydroxyl groups excluding tert-OH is 1. The van der Waals surface area contributed by atoms with Crippen molar-refractivity contribution in [3.05, 3.63) is 59.7 Å². The second-order valence-corrected chi connectivity index (χ2v) is 5.70. The van der Waals surface area contributed by atoms with Crippen molar-refractivity contribution in [2.75, 3.05) is 33.4 Å². The maximum absolute atomic E-state index is 12.4. The molecule has 1 aliphatic rings. The van der Waals surface area contributed by atoms with E-state index >= 15 is 0 Å². The normalized spacial score (nSPS) is 12.6. The third-order valence-corrected chi connectivity index (χ3v) is 4.11. The molecule has 0 aliphatic heterocycles. The van der Waals surface area contributed by atoms with Gasteiger partial charge in [0, 0.05) is 24.7 Å². The van der Waals surface area contributed by atoms with Crippen molar-refractivity contribution in [1.82, 2.24) is 4.90 Å². The van der Waals surface area contributed by atoms with Gasteiger partial charge in [0.1, 0.15) is 0 Å². The van der Waals surface area contributed by atoms with Gasteiger partial charge in [-0.2, -0.15) is 0 Å². The SMILES string of the molecule is CN(CCOCCO)C(=O)OC1c2ccccc2-c2ccccc21. The summed E-state index contributed by atoms with van der Waals surface area (Å²) in [5, 5.41) is 8.69. The number of likely N-dealkylation sites (N-methyl/N-ethyl adjacent to an activating group) is 1. The Hall–Kier alpha value is -2.37. The van der Waals surface area contributed by atoms with Gasteiger partial charge in [0.2, 0.25) is 0 Å². The molecule has 0 heterocycles. The lowest BCUT2D eigenvalue weighted by molar-refractivity contribution is 0.0582. The Morgan fingerprint density at radius 2 is 1.62 bits per heavy atom. The molecule has 1 aliphatic carbocycles. The molecule has 24 heavy (non-hydrogen) atoms. The lowest BCUT2D eigenvalue weighted by atomic mass is 10.1. The summed E-state index contributed by atoms with van der Waals surface area (Å²) in [6.07, 6.45) is -0.773. The Balaban J connectivity index is 1.72. The number of amides is 1. The number of ether oxygens (including phenoxy) is 2. The van der Waals surface area contributed by atoms with Crippen molar-refractivity contribution < 1.29 is 19.4 Å². The van der Waals surface area contributed by atoms with Crippen molar-refractivity contribution in [1.29, 1.82) is 0 Å². The van der Waals surface area contributed by atoms with Crippen LogP contribution in [0.15, 0.2) is 48.5 Å². The summed E-state index contributed by atoms with van der Waals surface area (Å²) in [7, 11) is 1.68. The second kappa shape index (κ2) is 7.47. The summed E-state index contributed by atoms with van der Waals surface area (Å²) >= 11 is 0. The van der Waals surface area contributed by atoms with Crippen molar-refractivity contribution in [3.8, 4) is 11.1 Å². The smallest absolute Gasteiger partial charge is 0.410 e. The van der Waals surface area contributed by atoms with Crippen LogP contribution in [0.25, 0.3) is 11.1 Å². The molecule has 2 aromatic rings. The van der Waals surface area contributed by atoms with Crippen molar-refractivity contribution in [2.24, 2.45) is 0 Å². The second-order valence-electron chi connectivity index (χ2n) is 5.70. The maximum atomic E-state index is 12.4. The minimum absolute atomic E-state index is 0.0240. The molecule has 0 bridgehead atoms. The van der Waals surface area contributed by atoms with E-state index in [0.717, 1.165) is 22.3 Å². The summed E-state index contributed by atoms with van der Waals surface area (Å²) in [5.41, 5.74) is 4.24. The highest BCUT2D eigenvalue weighted by molar-refractivity contribution is 5.79. The highest BCUT2D eigenvalue weighted by Crippen LogP contribution is 2.45. The van der Waals surface area contributed by atoms with E-state index in [1.54, 1.807) is 7.05 Å². The molecular weight excluding hydrogens is 306 g/mol. The number of hydrogen-bond donors (Lipinski definition) is 1. The molecule has 0 radical (unpaired) electrons. The molecule has 0 unspecified atom stereocenters. The minimum atomic E-state index is -0.390. The van der Waals surface area contributed by atoms with Gasteiger partial charge < -0.3 is 19.5 Å². The Morgan fingerprint density at radius 1 is 1.04 bits per heavy atom. The fourth-order valence-corrected chi connectivity index (χ4v) is 2.89. The van der Waals surface area contributed by atoms with Crippen LogP contribution in [0.4, 0.5) is 4.79 Å². The van der Waals surface area contributed by atoms with Crippen LogP contribution < -0.4 is 0 Å². The molecule has 2 aromatic carbocycles. The zero-order valence-electron chi connectivity index (χ0n) is 13.6. The molecule has 0 saturated heterocycles. The van der Waals surface area contributed by atoms with Gasteiger partial charge in [-0.1, -0.05) is 48.5 Å². The van der Waals surface area contributed by atoms with E-state index in [9.17, 15) is 4.79 Å². The molecule has 1 N–H and O–H groups in total. The third-order valence-electron chi connectivity index (χ3n) is 4.11. The zero-order chi connectivity index (χ0) is 16.9. The number of hydrogen-bond acceptors (Lipinski definition) is 4. The number of fused-ring (bicyclic) bond motifs is 3. The quantitative estimate of drug-likeness (QED) is 0.829. The van der Waals surface area contributed by atoms with E-state index in [-0.39, 0.29) is 25.4 Å². The van der Waals surface area contributed by atoms with Crippen LogP contribution in [-0.4, -0.2) is 49.5 Å². The van der Waals surface area contributed by atoms with Crippen molar-refractivity contribution in [3.63, 3.8) is 0 Å². The molecule has 0 fully saturated rings. The number of benzene rings is 2. The van der Waals surface area contributed by atoms with Crippen molar-refractivity contribution in [2.45, 2.75) is 6.10 Å². The van der Waals surface area contributed by atoms with Crippen LogP contribution in [0, 0.1) is 0 Å².